The fourth-order valence-corrected chi connectivity index (χ4v) is 3.43. The summed E-state index contributed by atoms with van der Waals surface area (Å²) in [5.41, 5.74) is 2.53. The Labute approximate surface area is 134 Å². The lowest BCUT2D eigenvalue weighted by Crippen LogP contribution is -2.31. The van der Waals surface area contributed by atoms with E-state index in [2.05, 4.69) is 11.1 Å². The minimum Gasteiger partial charge on any atom is -0.486 e. The van der Waals surface area contributed by atoms with Gasteiger partial charge < -0.3 is 9.47 Å². The summed E-state index contributed by atoms with van der Waals surface area (Å²) in [6.45, 7) is 4.39. The average Bonchev–Trinajstić information content (AvgIpc) is 2.52. The van der Waals surface area contributed by atoms with Gasteiger partial charge in [-0.25, -0.2) is 4.98 Å². The van der Waals surface area contributed by atoms with Gasteiger partial charge in [-0.05, 0) is 37.6 Å². The zero-order valence-corrected chi connectivity index (χ0v) is 13.3. The van der Waals surface area contributed by atoms with Crippen molar-refractivity contribution in [3.8, 4) is 17.6 Å². The Hall–Kier alpha value is -2.19. The molecule has 0 amide bonds. The summed E-state index contributed by atoms with van der Waals surface area (Å²) < 4.78 is 11.6. The zero-order chi connectivity index (χ0) is 15.5. The number of hydrogen-bond donors (Lipinski definition) is 0. The van der Waals surface area contributed by atoms with E-state index < -0.39 is 0 Å². The van der Waals surface area contributed by atoms with Crippen LogP contribution in [0.5, 0.6) is 11.5 Å². The number of pyridine rings is 1. The molecule has 0 unspecified atom stereocenters. The van der Waals surface area contributed by atoms with E-state index in [0.29, 0.717) is 17.9 Å². The van der Waals surface area contributed by atoms with Gasteiger partial charge in [0, 0.05) is 11.4 Å². The van der Waals surface area contributed by atoms with Crippen molar-refractivity contribution in [2.75, 3.05) is 12.4 Å². The van der Waals surface area contributed by atoms with E-state index in [1.54, 1.807) is 11.8 Å². The number of rotatable bonds is 3. The second-order valence-electron chi connectivity index (χ2n) is 5.18. The highest BCUT2D eigenvalue weighted by Gasteiger charge is 2.21. The lowest BCUT2D eigenvalue weighted by atomic mass is 10.1. The molecule has 22 heavy (non-hydrogen) atoms. The largest absolute Gasteiger partial charge is 0.486 e. The van der Waals surface area contributed by atoms with Gasteiger partial charge in [-0.15, -0.1) is 11.8 Å². The average molecular weight is 312 g/mol. The molecule has 5 heteroatoms. The van der Waals surface area contributed by atoms with Gasteiger partial charge >= 0.3 is 0 Å². The quantitative estimate of drug-likeness (QED) is 0.812. The van der Waals surface area contributed by atoms with Gasteiger partial charge in [-0.1, -0.05) is 12.1 Å². The molecule has 0 aliphatic carbocycles. The van der Waals surface area contributed by atoms with Crippen LogP contribution in [-0.2, 0) is 0 Å². The molecule has 2 heterocycles. The van der Waals surface area contributed by atoms with E-state index in [0.717, 1.165) is 27.8 Å². The maximum Gasteiger partial charge on any atom is 0.161 e. The van der Waals surface area contributed by atoms with Gasteiger partial charge in [0.2, 0.25) is 0 Å². The molecule has 0 saturated carbocycles. The first-order chi connectivity index (χ1) is 10.7. The standard InChI is InChI=1S/C17H16N2O2S/c1-11-7-12(2)19-17(14(11)8-18)22-10-13-9-20-15-5-3-4-6-16(15)21-13/h3-7,13H,9-10H2,1-2H3/t13-/m0/s1. The van der Waals surface area contributed by atoms with Crippen LogP contribution in [0, 0.1) is 25.2 Å². The normalized spacial score (nSPS) is 16.1. The molecule has 1 aromatic carbocycles. The Bertz CT molecular complexity index is 740. The molecule has 0 saturated heterocycles. The monoisotopic (exact) mass is 312 g/mol. The Morgan fingerprint density at radius 3 is 2.86 bits per heavy atom. The predicted molar refractivity (Wildman–Crippen MR) is 85.5 cm³/mol. The SMILES string of the molecule is Cc1cc(C)c(C#N)c(SC[C@@H]2COc3ccccc3O2)n1. The van der Waals surface area contributed by atoms with Crippen LogP contribution >= 0.6 is 11.8 Å². The first-order valence-corrected chi connectivity index (χ1v) is 8.05. The number of ether oxygens (including phenoxy) is 2. The number of nitrogens with zero attached hydrogens (tertiary/aromatic N) is 2. The fraction of sp³-hybridized carbons (Fsp3) is 0.294. The Balaban J connectivity index is 1.71. The van der Waals surface area contributed by atoms with Crippen LogP contribution in [0.1, 0.15) is 16.8 Å². The smallest absolute Gasteiger partial charge is 0.161 e. The number of para-hydroxylation sites is 2. The summed E-state index contributed by atoms with van der Waals surface area (Å²) in [5, 5.41) is 10.1. The molecule has 1 aliphatic heterocycles. The second-order valence-corrected chi connectivity index (χ2v) is 6.19. The lowest BCUT2D eigenvalue weighted by Gasteiger charge is -2.26. The highest BCUT2D eigenvalue weighted by molar-refractivity contribution is 7.99. The molecular formula is C17H16N2O2S. The van der Waals surface area contributed by atoms with Gasteiger partial charge in [0.25, 0.3) is 0 Å². The summed E-state index contributed by atoms with van der Waals surface area (Å²) in [7, 11) is 0. The van der Waals surface area contributed by atoms with E-state index in [-0.39, 0.29) is 6.10 Å². The molecule has 3 rings (SSSR count). The van der Waals surface area contributed by atoms with Crippen LogP contribution in [0.3, 0.4) is 0 Å². The lowest BCUT2D eigenvalue weighted by molar-refractivity contribution is 0.107. The molecule has 1 aliphatic rings. The van der Waals surface area contributed by atoms with Crippen LogP contribution in [0.15, 0.2) is 35.4 Å². The molecule has 0 spiro atoms. The Morgan fingerprint density at radius 2 is 2.09 bits per heavy atom. The predicted octanol–water partition coefficient (Wildman–Crippen LogP) is 3.50. The maximum absolute atomic E-state index is 9.30. The third-order valence-electron chi connectivity index (χ3n) is 3.40. The Kier molecular flexibility index (Phi) is 4.21. The van der Waals surface area contributed by atoms with Crippen LogP contribution in [0.2, 0.25) is 0 Å². The molecular weight excluding hydrogens is 296 g/mol. The van der Waals surface area contributed by atoms with Gasteiger partial charge in [0.1, 0.15) is 23.8 Å². The highest BCUT2D eigenvalue weighted by Crippen LogP contribution is 2.33. The third kappa shape index (κ3) is 3.02. The summed E-state index contributed by atoms with van der Waals surface area (Å²) in [5.74, 6) is 2.25. The first kappa shape index (κ1) is 14.7. The van der Waals surface area contributed by atoms with E-state index >= 15 is 0 Å². The summed E-state index contributed by atoms with van der Waals surface area (Å²) in [6, 6.07) is 11.8. The van der Waals surface area contributed by atoms with Crippen LogP contribution in [0.4, 0.5) is 0 Å². The number of fused-ring (bicyclic) bond motifs is 1. The minimum absolute atomic E-state index is 0.0472. The van der Waals surface area contributed by atoms with Crippen molar-refractivity contribution in [1.29, 1.82) is 5.26 Å². The zero-order valence-electron chi connectivity index (χ0n) is 12.5. The topological polar surface area (TPSA) is 55.1 Å². The van der Waals surface area contributed by atoms with Crippen molar-refractivity contribution in [2.24, 2.45) is 0 Å². The van der Waals surface area contributed by atoms with Crippen molar-refractivity contribution in [3.63, 3.8) is 0 Å². The summed E-state index contributed by atoms with van der Waals surface area (Å²) in [4.78, 5) is 4.48. The van der Waals surface area contributed by atoms with E-state index in [4.69, 9.17) is 9.47 Å². The fourth-order valence-electron chi connectivity index (χ4n) is 2.36. The third-order valence-corrected chi connectivity index (χ3v) is 4.50. The van der Waals surface area contributed by atoms with Crippen molar-refractivity contribution < 1.29 is 9.47 Å². The van der Waals surface area contributed by atoms with Crippen molar-refractivity contribution in [3.05, 3.63) is 47.2 Å². The molecule has 0 radical (unpaired) electrons. The van der Waals surface area contributed by atoms with Crippen molar-refractivity contribution in [1.82, 2.24) is 4.98 Å². The molecule has 112 valence electrons. The summed E-state index contributed by atoms with van der Waals surface area (Å²) in [6.07, 6.45) is -0.0472. The molecule has 0 N–H and O–H groups in total. The van der Waals surface area contributed by atoms with Crippen LogP contribution < -0.4 is 9.47 Å². The summed E-state index contributed by atoms with van der Waals surface area (Å²) >= 11 is 1.54. The van der Waals surface area contributed by atoms with Gasteiger partial charge in [-0.3, -0.25) is 0 Å². The van der Waals surface area contributed by atoms with Gasteiger partial charge in [-0.2, -0.15) is 5.26 Å². The van der Waals surface area contributed by atoms with Crippen LogP contribution in [0.25, 0.3) is 0 Å². The maximum atomic E-state index is 9.30. The number of aromatic nitrogens is 1. The van der Waals surface area contributed by atoms with E-state index in [1.807, 2.05) is 44.2 Å². The van der Waals surface area contributed by atoms with Crippen molar-refractivity contribution in [2.45, 2.75) is 25.0 Å². The second kappa shape index (κ2) is 6.29. The van der Waals surface area contributed by atoms with E-state index in [9.17, 15) is 5.26 Å². The number of nitriles is 1. The number of hydrogen-bond acceptors (Lipinski definition) is 5. The van der Waals surface area contributed by atoms with Crippen LogP contribution in [-0.4, -0.2) is 23.4 Å². The molecule has 0 fully saturated rings. The molecule has 1 aromatic heterocycles. The number of aryl methyl sites for hydroxylation is 2. The van der Waals surface area contributed by atoms with Gasteiger partial charge in [0.05, 0.1) is 5.56 Å². The number of benzene rings is 1. The molecule has 1 atom stereocenters. The van der Waals surface area contributed by atoms with Crippen molar-refractivity contribution >= 4 is 11.8 Å². The minimum atomic E-state index is -0.0472. The molecule has 0 bridgehead atoms. The Morgan fingerprint density at radius 1 is 1.32 bits per heavy atom. The number of thioether (sulfide) groups is 1. The first-order valence-electron chi connectivity index (χ1n) is 7.07. The van der Waals surface area contributed by atoms with E-state index in [1.165, 1.54) is 0 Å². The highest BCUT2D eigenvalue weighted by atomic mass is 32.2. The van der Waals surface area contributed by atoms with Gasteiger partial charge in [0.15, 0.2) is 11.5 Å². The molecule has 4 nitrogen and oxygen atoms in total. The molecule has 2 aromatic rings.